The molecule has 3 heterocycles. The zero-order valence-electron chi connectivity index (χ0n) is 10.3. The summed E-state index contributed by atoms with van der Waals surface area (Å²) < 4.78 is 5.58. The second kappa shape index (κ2) is 5.66. The minimum absolute atomic E-state index is 0. The average molecular weight is 268 g/mol. The largest absolute Gasteiger partial charge is 1.00 e. The summed E-state index contributed by atoms with van der Waals surface area (Å²) in [5.74, 6) is -0.591. The van der Waals surface area contributed by atoms with E-state index in [0.29, 0.717) is 24.6 Å². The Morgan fingerprint density at radius 1 is 1.42 bits per heavy atom. The number of nitrogens with one attached hydrogen (secondary N) is 1. The van der Waals surface area contributed by atoms with Crippen molar-refractivity contribution in [1.82, 2.24) is 4.98 Å². The molecule has 0 aliphatic carbocycles. The third-order valence-corrected chi connectivity index (χ3v) is 3.84. The third-order valence-electron chi connectivity index (χ3n) is 2.64. The van der Waals surface area contributed by atoms with Crippen LogP contribution in [0.4, 0.5) is 5.69 Å². The van der Waals surface area contributed by atoms with Gasteiger partial charge in [0.1, 0.15) is 6.61 Å². The SMILES string of the molecule is O=C([O-])c1sc(-c2ccncc2)c2c1NCCO2.[Li+]. The third kappa shape index (κ3) is 2.47. The van der Waals surface area contributed by atoms with Crippen LogP contribution in [0.3, 0.4) is 0 Å². The summed E-state index contributed by atoms with van der Waals surface area (Å²) in [4.78, 5) is 16.0. The zero-order chi connectivity index (χ0) is 12.5. The van der Waals surface area contributed by atoms with E-state index in [9.17, 15) is 9.90 Å². The number of carboxylic acid groups (broad SMARTS) is 1. The van der Waals surface area contributed by atoms with E-state index >= 15 is 0 Å². The van der Waals surface area contributed by atoms with E-state index in [1.165, 1.54) is 0 Å². The molecule has 0 bridgehead atoms. The number of aromatic carboxylic acids is 1. The fourth-order valence-corrected chi connectivity index (χ4v) is 2.94. The number of rotatable bonds is 2. The van der Waals surface area contributed by atoms with Gasteiger partial charge in [0.05, 0.1) is 21.4 Å². The molecule has 1 aliphatic heterocycles. The van der Waals surface area contributed by atoms with Crippen molar-refractivity contribution in [2.75, 3.05) is 18.5 Å². The molecule has 0 aromatic carbocycles. The maximum atomic E-state index is 11.1. The Labute approximate surface area is 125 Å². The number of anilines is 1. The summed E-state index contributed by atoms with van der Waals surface area (Å²) in [7, 11) is 0. The molecule has 2 aromatic rings. The molecule has 0 saturated carbocycles. The van der Waals surface area contributed by atoms with Gasteiger partial charge in [0.15, 0.2) is 5.75 Å². The first-order valence-electron chi connectivity index (χ1n) is 5.42. The molecule has 2 aromatic heterocycles. The Bertz CT molecular complexity index is 601. The van der Waals surface area contributed by atoms with Crippen LogP contribution in [0.25, 0.3) is 10.4 Å². The van der Waals surface area contributed by atoms with Crippen LogP contribution in [0.15, 0.2) is 24.5 Å². The summed E-state index contributed by atoms with van der Waals surface area (Å²) in [6.45, 7) is 1.12. The number of carboxylic acids is 1. The van der Waals surface area contributed by atoms with Gasteiger partial charge in [-0.15, -0.1) is 11.3 Å². The van der Waals surface area contributed by atoms with E-state index in [1.54, 1.807) is 12.4 Å². The summed E-state index contributed by atoms with van der Waals surface area (Å²) in [5.41, 5.74) is 1.42. The number of hydrogen-bond donors (Lipinski definition) is 1. The number of carbonyl (C=O) groups is 1. The van der Waals surface area contributed by atoms with Crippen molar-refractivity contribution in [3.8, 4) is 16.2 Å². The predicted octanol–water partition coefficient (Wildman–Crippen LogP) is -2.02. The molecule has 0 radical (unpaired) electrons. The van der Waals surface area contributed by atoms with Gasteiger partial charge in [-0.1, -0.05) is 0 Å². The van der Waals surface area contributed by atoms with Gasteiger partial charge < -0.3 is 20.0 Å². The van der Waals surface area contributed by atoms with Crippen LogP contribution < -0.4 is 34.0 Å². The number of ether oxygens (including phenoxy) is 1. The molecular weight excluding hydrogens is 259 g/mol. The van der Waals surface area contributed by atoms with E-state index in [4.69, 9.17) is 4.74 Å². The summed E-state index contributed by atoms with van der Waals surface area (Å²) >= 11 is 1.16. The number of aromatic nitrogens is 1. The van der Waals surface area contributed by atoms with Crippen molar-refractivity contribution < 1.29 is 33.5 Å². The minimum Gasteiger partial charge on any atom is -0.544 e. The molecule has 0 saturated heterocycles. The van der Waals surface area contributed by atoms with Gasteiger partial charge in [-0.25, -0.2) is 0 Å². The Morgan fingerprint density at radius 3 is 2.84 bits per heavy atom. The second-order valence-corrected chi connectivity index (χ2v) is 4.78. The minimum atomic E-state index is -1.19. The summed E-state index contributed by atoms with van der Waals surface area (Å²) in [6.07, 6.45) is 3.33. The maximum absolute atomic E-state index is 11.1. The quantitative estimate of drug-likeness (QED) is 0.637. The van der Waals surface area contributed by atoms with E-state index in [-0.39, 0.29) is 23.7 Å². The summed E-state index contributed by atoms with van der Waals surface area (Å²) in [6, 6.07) is 3.65. The molecular formula is C12H9LiN2O3S. The first-order chi connectivity index (χ1) is 8.77. The van der Waals surface area contributed by atoms with E-state index in [2.05, 4.69) is 10.3 Å². The molecule has 0 atom stereocenters. The van der Waals surface area contributed by atoms with Crippen molar-refractivity contribution in [3.63, 3.8) is 0 Å². The van der Waals surface area contributed by atoms with Gasteiger partial charge in [0.2, 0.25) is 0 Å². The zero-order valence-corrected chi connectivity index (χ0v) is 11.1. The summed E-state index contributed by atoms with van der Waals surface area (Å²) in [5, 5.41) is 14.2. The van der Waals surface area contributed by atoms with Crippen LogP contribution in [0.2, 0.25) is 0 Å². The normalized spacial score (nSPS) is 12.6. The van der Waals surface area contributed by atoms with Gasteiger partial charge in [-0.05, 0) is 17.7 Å². The average Bonchev–Trinajstić information content (AvgIpc) is 2.79. The maximum Gasteiger partial charge on any atom is 1.00 e. The molecule has 1 aliphatic rings. The van der Waals surface area contributed by atoms with Gasteiger partial charge in [-0.3, -0.25) is 4.98 Å². The molecule has 0 fully saturated rings. The number of fused-ring (bicyclic) bond motifs is 1. The predicted molar refractivity (Wildman–Crippen MR) is 65.9 cm³/mol. The van der Waals surface area contributed by atoms with E-state index < -0.39 is 5.97 Å². The Hall–Kier alpha value is -1.48. The number of hydrogen-bond acceptors (Lipinski definition) is 6. The number of thiophene rings is 1. The number of pyridine rings is 1. The molecule has 3 rings (SSSR count). The first kappa shape index (κ1) is 13.9. The van der Waals surface area contributed by atoms with Crippen LogP contribution in [-0.4, -0.2) is 24.1 Å². The van der Waals surface area contributed by atoms with Gasteiger partial charge in [0.25, 0.3) is 0 Å². The smallest absolute Gasteiger partial charge is 0.544 e. The van der Waals surface area contributed by atoms with Crippen LogP contribution in [0.1, 0.15) is 9.67 Å². The Balaban J connectivity index is 0.00000133. The Morgan fingerprint density at radius 2 is 2.16 bits per heavy atom. The first-order valence-corrected chi connectivity index (χ1v) is 6.24. The van der Waals surface area contributed by atoms with Gasteiger partial charge in [0, 0.05) is 18.9 Å². The molecule has 0 amide bonds. The van der Waals surface area contributed by atoms with Crippen LogP contribution in [-0.2, 0) is 0 Å². The fraction of sp³-hybridized carbons (Fsp3) is 0.167. The monoisotopic (exact) mass is 268 g/mol. The number of carbonyl (C=O) groups excluding carboxylic acids is 1. The van der Waals surface area contributed by atoms with Crippen molar-refractivity contribution in [1.29, 1.82) is 0 Å². The molecule has 0 unspecified atom stereocenters. The van der Waals surface area contributed by atoms with E-state index in [0.717, 1.165) is 21.8 Å². The van der Waals surface area contributed by atoms with Crippen molar-refractivity contribution in [3.05, 3.63) is 29.4 Å². The van der Waals surface area contributed by atoms with Crippen LogP contribution in [0, 0.1) is 0 Å². The van der Waals surface area contributed by atoms with E-state index in [1.807, 2.05) is 12.1 Å². The number of nitrogens with zero attached hydrogens (tertiary/aromatic N) is 1. The van der Waals surface area contributed by atoms with Gasteiger partial charge >= 0.3 is 18.9 Å². The fourth-order valence-electron chi connectivity index (χ4n) is 1.88. The van der Waals surface area contributed by atoms with Gasteiger partial charge in [-0.2, -0.15) is 0 Å². The standard InChI is InChI=1S/C12H10N2O3S.Li/c15-12(16)11-8-9(17-6-5-14-8)10(18-11)7-1-3-13-4-2-7;/h1-4,14H,5-6H2,(H,15,16);/q;+1/p-1. The van der Waals surface area contributed by atoms with Crippen molar-refractivity contribution in [2.24, 2.45) is 0 Å². The second-order valence-electron chi connectivity index (χ2n) is 3.76. The molecule has 1 N–H and O–H groups in total. The van der Waals surface area contributed by atoms with Crippen LogP contribution >= 0.6 is 11.3 Å². The molecule has 19 heavy (non-hydrogen) atoms. The van der Waals surface area contributed by atoms with Crippen molar-refractivity contribution in [2.45, 2.75) is 0 Å². The topological polar surface area (TPSA) is 74.3 Å². The molecule has 92 valence electrons. The Kier molecular flexibility index (Phi) is 4.15. The molecule has 0 spiro atoms. The van der Waals surface area contributed by atoms with Crippen molar-refractivity contribution >= 4 is 23.0 Å². The molecule has 5 nitrogen and oxygen atoms in total. The van der Waals surface area contributed by atoms with Crippen LogP contribution in [0.5, 0.6) is 5.75 Å². The molecule has 7 heteroatoms.